The zero-order valence-electron chi connectivity index (χ0n) is 15.9. The van der Waals surface area contributed by atoms with Crippen molar-refractivity contribution in [2.75, 3.05) is 18.2 Å². The number of amides is 1. The summed E-state index contributed by atoms with van der Waals surface area (Å²) in [5.41, 5.74) is 1.55. The molecule has 28 heavy (non-hydrogen) atoms. The third-order valence-electron chi connectivity index (χ3n) is 4.27. The molecule has 3 aromatic rings. The molecule has 0 saturated heterocycles. The van der Waals surface area contributed by atoms with E-state index in [1.54, 1.807) is 42.0 Å². The molecule has 0 aliphatic heterocycles. The van der Waals surface area contributed by atoms with Crippen molar-refractivity contribution in [2.24, 2.45) is 0 Å². The molecule has 0 fully saturated rings. The van der Waals surface area contributed by atoms with Gasteiger partial charge in [0.15, 0.2) is 5.16 Å². The van der Waals surface area contributed by atoms with Gasteiger partial charge in [-0.25, -0.2) is 4.98 Å². The predicted molar refractivity (Wildman–Crippen MR) is 116 cm³/mol. The van der Waals surface area contributed by atoms with Gasteiger partial charge in [0.1, 0.15) is 10.6 Å². The summed E-state index contributed by atoms with van der Waals surface area (Å²) in [7, 11) is 1.59. The van der Waals surface area contributed by atoms with Gasteiger partial charge in [-0.3, -0.25) is 14.2 Å². The molecule has 1 N–H and O–H groups in total. The maximum absolute atomic E-state index is 12.9. The van der Waals surface area contributed by atoms with Crippen molar-refractivity contribution in [2.45, 2.75) is 25.5 Å². The molecule has 146 valence electrons. The lowest BCUT2D eigenvalue weighted by atomic mass is 10.2. The van der Waals surface area contributed by atoms with Gasteiger partial charge in [-0.05, 0) is 43.7 Å². The molecule has 2 aromatic heterocycles. The van der Waals surface area contributed by atoms with Gasteiger partial charge in [-0.15, -0.1) is 17.9 Å². The first-order valence-electron chi connectivity index (χ1n) is 8.62. The van der Waals surface area contributed by atoms with E-state index in [1.807, 2.05) is 13.8 Å². The van der Waals surface area contributed by atoms with Crippen LogP contribution in [0.25, 0.3) is 10.2 Å². The first kappa shape index (κ1) is 20.2. The highest BCUT2D eigenvalue weighted by molar-refractivity contribution is 7.99. The number of hydrogen-bond acceptors (Lipinski definition) is 6. The van der Waals surface area contributed by atoms with Crippen LogP contribution < -0.4 is 15.6 Å². The summed E-state index contributed by atoms with van der Waals surface area (Å²) in [5, 5.41) is 4.00. The average Bonchev–Trinajstić information content (AvgIpc) is 2.97. The summed E-state index contributed by atoms with van der Waals surface area (Å²) in [5.74, 6) is 0.692. The summed E-state index contributed by atoms with van der Waals surface area (Å²) in [6.07, 6.45) is 1.66. The lowest BCUT2D eigenvalue weighted by Crippen LogP contribution is -2.23. The highest BCUT2D eigenvalue weighted by Crippen LogP contribution is 2.28. The zero-order valence-corrected chi connectivity index (χ0v) is 17.6. The number of thioether (sulfide) groups is 1. The van der Waals surface area contributed by atoms with E-state index in [2.05, 4.69) is 16.9 Å². The number of methoxy groups -OCH3 is 1. The van der Waals surface area contributed by atoms with Crippen molar-refractivity contribution in [3.05, 3.63) is 57.7 Å². The minimum atomic E-state index is -0.173. The molecule has 1 aromatic carbocycles. The van der Waals surface area contributed by atoms with E-state index in [-0.39, 0.29) is 17.2 Å². The van der Waals surface area contributed by atoms with E-state index < -0.39 is 0 Å². The Labute approximate surface area is 171 Å². The summed E-state index contributed by atoms with van der Waals surface area (Å²) in [6, 6.07) is 7.11. The van der Waals surface area contributed by atoms with Crippen LogP contribution in [0.15, 0.2) is 46.9 Å². The number of hydrogen-bond donors (Lipinski definition) is 1. The van der Waals surface area contributed by atoms with Gasteiger partial charge in [-0.2, -0.15) is 0 Å². The number of aryl methyl sites for hydroxylation is 2. The normalized spacial score (nSPS) is 10.8. The Morgan fingerprint density at radius 1 is 1.36 bits per heavy atom. The van der Waals surface area contributed by atoms with Crippen LogP contribution in [0.5, 0.6) is 5.75 Å². The lowest BCUT2D eigenvalue weighted by molar-refractivity contribution is -0.113. The Balaban J connectivity index is 1.80. The molecular weight excluding hydrogens is 394 g/mol. The Morgan fingerprint density at radius 2 is 2.07 bits per heavy atom. The zero-order chi connectivity index (χ0) is 20.3. The molecule has 6 nitrogen and oxygen atoms in total. The van der Waals surface area contributed by atoms with Gasteiger partial charge < -0.3 is 10.1 Å². The molecule has 3 rings (SSSR count). The van der Waals surface area contributed by atoms with Gasteiger partial charge in [-0.1, -0.05) is 17.8 Å². The Morgan fingerprint density at radius 3 is 2.71 bits per heavy atom. The van der Waals surface area contributed by atoms with E-state index in [0.717, 1.165) is 16.2 Å². The predicted octanol–water partition coefficient (Wildman–Crippen LogP) is 4.00. The van der Waals surface area contributed by atoms with Crippen molar-refractivity contribution in [3.63, 3.8) is 0 Å². The topological polar surface area (TPSA) is 73.2 Å². The first-order valence-corrected chi connectivity index (χ1v) is 10.4. The molecule has 0 saturated carbocycles. The van der Waals surface area contributed by atoms with E-state index in [9.17, 15) is 9.59 Å². The molecule has 0 unspecified atom stereocenters. The van der Waals surface area contributed by atoms with Crippen LogP contribution in [0, 0.1) is 13.8 Å². The monoisotopic (exact) mass is 415 g/mol. The molecule has 8 heteroatoms. The van der Waals surface area contributed by atoms with Gasteiger partial charge >= 0.3 is 0 Å². The van der Waals surface area contributed by atoms with Crippen molar-refractivity contribution < 1.29 is 9.53 Å². The number of rotatable bonds is 7. The first-order chi connectivity index (χ1) is 13.4. The van der Waals surface area contributed by atoms with Gasteiger partial charge in [0.2, 0.25) is 5.91 Å². The number of ether oxygens (including phenoxy) is 1. The van der Waals surface area contributed by atoms with E-state index >= 15 is 0 Å². The number of allylic oxidation sites excluding steroid dienone is 1. The third kappa shape index (κ3) is 4.13. The van der Waals surface area contributed by atoms with E-state index in [4.69, 9.17) is 4.74 Å². The second-order valence-corrected chi connectivity index (χ2v) is 8.27. The number of carbonyl (C=O) groups excluding carboxylic acids is 1. The smallest absolute Gasteiger partial charge is 0.263 e. The minimum absolute atomic E-state index is 0.0928. The molecule has 0 radical (unpaired) electrons. The number of benzene rings is 1. The number of aromatic nitrogens is 2. The Hall–Kier alpha value is -2.58. The van der Waals surface area contributed by atoms with Crippen LogP contribution in [0.1, 0.15) is 10.4 Å². The standard InChI is InChI=1S/C20H21N3O3S2/c1-5-10-23-19(25)17-12(2)13(3)28-18(17)22-20(23)27-11-16(24)21-14-6-8-15(26-4)9-7-14/h5-9H,1,10-11H2,2-4H3,(H,21,24). The fraction of sp³-hybridized carbons (Fsp3) is 0.250. The summed E-state index contributed by atoms with van der Waals surface area (Å²) >= 11 is 2.74. The molecule has 0 atom stereocenters. The third-order valence-corrected chi connectivity index (χ3v) is 6.35. The quantitative estimate of drug-likeness (QED) is 0.359. The van der Waals surface area contributed by atoms with Gasteiger partial charge in [0, 0.05) is 17.1 Å². The number of nitrogens with one attached hydrogen (secondary N) is 1. The lowest BCUT2D eigenvalue weighted by Gasteiger charge is -2.10. The Bertz CT molecular complexity index is 1080. The molecular formula is C20H21N3O3S2. The molecule has 0 spiro atoms. The van der Waals surface area contributed by atoms with Crippen LogP contribution in [0.3, 0.4) is 0 Å². The van der Waals surface area contributed by atoms with Crippen molar-refractivity contribution in [3.8, 4) is 5.75 Å². The Kier molecular flexibility index (Phi) is 6.21. The van der Waals surface area contributed by atoms with Crippen molar-refractivity contribution >= 4 is 44.9 Å². The van der Waals surface area contributed by atoms with Crippen LogP contribution >= 0.6 is 23.1 Å². The van der Waals surface area contributed by atoms with E-state index in [0.29, 0.717) is 27.6 Å². The summed E-state index contributed by atoms with van der Waals surface area (Å²) < 4.78 is 6.68. The highest BCUT2D eigenvalue weighted by atomic mass is 32.2. The van der Waals surface area contributed by atoms with Crippen molar-refractivity contribution in [1.29, 1.82) is 0 Å². The van der Waals surface area contributed by atoms with Gasteiger partial charge in [0.25, 0.3) is 5.56 Å². The molecule has 2 heterocycles. The average molecular weight is 416 g/mol. The van der Waals surface area contributed by atoms with Crippen LogP contribution in [0.2, 0.25) is 0 Å². The van der Waals surface area contributed by atoms with E-state index in [1.165, 1.54) is 23.1 Å². The van der Waals surface area contributed by atoms with Crippen LogP contribution in [0.4, 0.5) is 5.69 Å². The maximum Gasteiger partial charge on any atom is 0.263 e. The second-order valence-electron chi connectivity index (χ2n) is 6.13. The minimum Gasteiger partial charge on any atom is -0.497 e. The maximum atomic E-state index is 12.9. The highest BCUT2D eigenvalue weighted by Gasteiger charge is 2.17. The largest absolute Gasteiger partial charge is 0.497 e. The molecule has 0 bridgehead atoms. The second kappa shape index (κ2) is 8.62. The number of fused-ring (bicyclic) bond motifs is 1. The fourth-order valence-electron chi connectivity index (χ4n) is 2.71. The molecule has 0 aliphatic rings. The SMILES string of the molecule is C=CCn1c(SCC(=O)Nc2ccc(OC)cc2)nc2sc(C)c(C)c2c1=O. The fourth-order valence-corrected chi connectivity index (χ4v) is 4.59. The molecule has 1 amide bonds. The number of carbonyl (C=O) groups is 1. The number of anilines is 1. The number of nitrogens with zero attached hydrogens (tertiary/aromatic N) is 2. The van der Waals surface area contributed by atoms with Crippen molar-refractivity contribution in [1.82, 2.24) is 9.55 Å². The van der Waals surface area contributed by atoms with Crippen LogP contribution in [-0.2, 0) is 11.3 Å². The summed E-state index contributed by atoms with van der Waals surface area (Å²) in [6.45, 7) is 7.99. The number of thiophene rings is 1. The van der Waals surface area contributed by atoms with Crippen LogP contribution in [-0.4, -0.2) is 28.3 Å². The molecule has 0 aliphatic carbocycles. The van der Waals surface area contributed by atoms with Gasteiger partial charge in [0.05, 0.1) is 18.2 Å². The summed E-state index contributed by atoms with van der Waals surface area (Å²) in [4.78, 5) is 31.7.